The van der Waals surface area contributed by atoms with Gasteiger partial charge >= 0.3 is 5.97 Å². The van der Waals surface area contributed by atoms with Crippen LogP contribution in [0.3, 0.4) is 0 Å². The van der Waals surface area contributed by atoms with Crippen LogP contribution in [0.5, 0.6) is 0 Å². The first-order valence-corrected chi connectivity index (χ1v) is 10.3. The van der Waals surface area contributed by atoms with Crippen molar-refractivity contribution in [3.05, 3.63) is 56.3 Å². The molecule has 0 saturated carbocycles. The molecule has 1 aromatic heterocycles. The fraction of sp³-hybridized carbons (Fsp3) is 0.400. The molecule has 29 heavy (non-hydrogen) atoms. The first-order valence-electron chi connectivity index (χ1n) is 9.43. The molecule has 0 radical (unpaired) electrons. The fourth-order valence-corrected chi connectivity index (χ4v) is 3.98. The number of thiophene rings is 1. The third kappa shape index (κ3) is 5.54. The molecule has 1 aliphatic rings. The molecule has 1 N–H and O–H groups in total. The summed E-state index contributed by atoms with van der Waals surface area (Å²) in [7, 11) is 0. The van der Waals surface area contributed by atoms with Gasteiger partial charge in [-0.3, -0.25) is 14.9 Å². The van der Waals surface area contributed by atoms with Gasteiger partial charge in [0.25, 0.3) is 11.6 Å². The maximum atomic E-state index is 12.3. The Labute approximate surface area is 172 Å². The number of esters is 1. The number of hydrogen-bond acceptors (Lipinski definition) is 7. The number of benzene rings is 1. The predicted molar refractivity (Wildman–Crippen MR) is 110 cm³/mol. The highest BCUT2D eigenvalue weighted by Gasteiger charge is 2.25. The van der Waals surface area contributed by atoms with Gasteiger partial charge in [0.15, 0.2) is 6.61 Å². The van der Waals surface area contributed by atoms with Crippen LogP contribution < -0.4 is 10.2 Å². The van der Waals surface area contributed by atoms with E-state index in [1.54, 1.807) is 6.07 Å². The lowest BCUT2D eigenvalue weighted by Gasteiger charge is -2.32. The second-order valence-corrected chi connectivity index (χ2v) is 8.12. The van der Waals surface area contributed by atoms with E-state index in [9.17, 15) is 19.7 Å². The van der Waals surface area contributed by atoms with Crippen LogP contribution in [0.15, 0.2) is 35.7 Å². The smallest absolute Gasteiger partial charge is 0.338 e. The molecule has 9 heteroatoms. The summed E-state index contributed by atoms with van der Waals surface area (Å²) in [5, 5.41) is 16.1. The molecule has 154 valence electrons. The van der Waals surface area contributed by atoms with Crippen LogP contribution in [0.25, 0.3) is 0 Å². The highest BCUT2D eigenvalue weighted by atomic mass is 32.1. The molecule has 1 amide bonds. The van der Waals surface area contributed by atoms with Crippen LogP contribution in [0.2, 0.25) is 0 Å². The summed E-state index contributed by atoms with van der Waals surface area (Å²) in [5.41, 5.74) is 0.430. The van der Waals surface area contributed by atoms with E-state index < -0.39 is 23.4 Å². The fourth-order valence-electron chi connectivity index (χ4n) is 3.34. The van der Waals surface area contributed by atoms with Crippen LogP contribution in [0, 0.1) is 16.0 Å². The largest absolute Gasteiger partial charge is 0.452 e. The molecule has 0 bridgehead atoms. The molecule has 0 aliphatic carbocycles. The maximum Gasteiger partial charge on any atom is 0.338 e. The highest BCUT2D eigenvalue weighted by molar-refractivity contribution is 7.09. The normalized spacial score (nSPS) is 16.3. The van der Waals surface area contributed by atoms with Gasteiger partial charge in [-0.2, -0.15) is 0 Å². The van der Waals surface area contributed by atoms with Crippen LogP contribution in [0.4, 0.5) is 11.4 Å². The summed E-state index contributed by atoms with van der Waals surface area (Å²) in [5.74, 6) is -0.737. The number of piperidine rings is 1. The maximum absolute atomic E-state index is 12.3. The summed E-state index contributed by atoms with van der Waals surface area (Å²) in [6, 6.07) is 8.09. The molecule has 0 spiro atoms. The molecule has 8 nitrogen and oxygen atoms in total. The van der Waals surface area contributed by atoms with Crippen LogP contribution in [-0.2, 0) is 16.1 Å². The van der Waals surface area contributed by atoms with Gasteiger partial charge in [-0.15, -0.1) is 11.3 Å². The van der Waals surface area contributed by atoms with Crippen molar-refractivity contribution in [2.24, 2.45) is 5.92 Å². The monoisotopic (exact) mass is 417 g/mol. The average molecular weight is 417 g/mol. The number of anilines is 1. The lowest BCUT2D eigenvalue weighted by molar-refractivity contribution is -0.384. The highest BCUT2D eigenvalue weighted by Crippen LogP contribution is 2.32. The summed E-state index contributed by atoms with van der Waals surface area (Å²) in [6.45, 7) is 3.54. The van der Waals surface area contributed by atoms with Crippen molar-refractivity contribution in [2.75, 3.05) is 24.6 Å². The number of nitro benzene ring substituents is 1. The van der Waals surface area contributed by atoms with Gasteiger partial charge in [0.1, 0.15) is 5.69 Å². The Morgan fingerprint density at radius 2 is 2.21 bits per heavy atom. The van der Waals surface area contributed by atoms with Crippen molar-refractivity contribution < 1.29 is 19.2 Å². The number of amides is 1. The van der Waals surface area contributed by atoms with E-state index in [1.807, 2.05) is 22.4 Å². The number of nitrogens with one attached hydrogen (secondary N) is 1. The molecule has 2 aromatic rings. The number of hydrogen-bond donors (Lipinski definition) is 1. The zero-order chi connectivity index (χ0) is 20.8. The van der Waals surface area contributed by atoms with Gasteiger partial charge in [0, 0.05) is 24.0 Å². The van der Waals surface area contributed by atoms with E-state index in [-0.39, 0.29) is 11.3 Å². The zero-order valence-electron chi connectivity index (χ0n) is 16.1. The van der Waals surface area contributed by atoms with Gasteiger partial charge < -0.3 is 15.0 Å². The zero-order valence-corrected chi connectivity index (χ0v) is 16.9. The molecule has 1 atom stereocenters. The second-order valence-electron chi connectivity index (χ2n) is 7.09. The summed E-state index contributed by atoms with van der Waals surface area (Å²) >= 11 is 1.51. The molecular weight excluding hydrogens is 394 g/mol. The van der Waals surface area contributed by atoms with E-state index in [4.69, 9.17) is 4.74 Å². The number of nitrogens with zero attached hydrogens (tertiary/aromatic N) is 2. The number of carbonyl (C=O) groups excluding carboxylic acids is 2. The Morgan fingerprint density at radius 1 is 1.38 bits per heavy atom. The summed E-state index contributed by atoms with van der Waals surface area (Å²) in [4.78, 5) is 38.1. The standard InChI is InChI=1S/C20H23N3O5S/c1-14-4-2-8-22(12-14)17-7-6-15(10-18(17)23(26)27)20(25)28-13-19(24)21-11-16-5-3-9-29-16/h3,5-7,9-10,14H,2,4,8,11-13H2,1H3,(H,21,24)/t14-/m1/s1. The molecule has 1 saturated heterocycles. The number of nitro groups is 1. The van der Waals surface area contributed by atoms with Crippen LogP contribution in [0.1, 0.15) is 35.0 Å². The Balaban J connectivity index is 1.62. The van der Waals surface area contributed by atoms with Gasteiger partial charge in [0.2, 0.25) is 0 Å². The van der Waals surface area contributed by atoms with Crippen molar-refractivity contribution in [1.29, 1.82) is 0 Å². The Hall–Kier alpha value is -2.94. The van der Waals surface area contributed by atoms with Gasteiger partial charge in [-0.05, 0) is 42.3 Å². The van der Waals surface area contributed by atoms with E-state index in [2.05, 4.69) is 12.2 Å². The number of rotatable bonds is 7. The van der Waals surface area contributed by atoms with E-state index in [1.165, 1.54) is 23.5 Å². The van der Waals surface area contributed by atoms with Crippen molar-refractivity contribution in [3.63, 3.8) is 0 Å². The van der Waals surface area contributed by atoms with E-state index in [0.717, 1.165) is 30.8 Å². The van der Waals surface area contributed by atoms with Crippen molar-refractivity contribution in [1.82, 2.24) is 5.32 Å². The van der Waals surface area contributed by atoms with E-state index in [0.29, 0.717) is 18.2 Å². The van der Waals surface area contributed by atoms with Gasteiger partial charge in [0.05, 0.1) is 17.0 Å². The molecule has 1 aromatic carbocycles. The number of carbonyl (C=O) groups is 2. The Bertz CT molecular complexity index is 884. The number of ether oxygens (including phenoxy) is 1. The molecule has 2 heterocycles. The first-order chi connectivity index (χ1) is 13.9. The third-order valence-electron chi connectivity index (χ3n) is 4.78. The van der Waals surface area contributed by atoms with Crippen molar-refractivity contribution in [3.8, 4) is 0 Å². The van der Waals surface area contributed by atoms with Gasteiger partial charge in [-0.25, -0.2) is 4.79 Å². The van der Waals surface area contributed by atoms with Crippen molar-refractivity contribution >= 4 is 34.6 Å². The first kappa shape index (κ1) is 20.8. The average Bonchev–Trinajstić information content (AvgIpc) is 3.23. The second kappa shape index (κ2) is 9.51. The molecule has 0 unspecified atom stereocenters. The van der Waals surface area contributed by atoms with Crippen molar-refractivity contribution in [2.45, 2.75) is 26.3 Å². The third-order valence-corrected chi connectivity index (χ3v) is 5.66. The Morgan fingerprint density at radius 3 is 2.90 bits per heavy atom. The molecule has 3 rings (SSSR count). The minimum Gasteiger partial charge on any atom is -0.452 e. The molecule has 1 fully saturated rings. The predicted octanol–water partition coefficient (Wildman–Crippen LogP) is 3.37. The van der Waals surface area contributed by atoms with E-state index >= 15 is 0 Å². The minimum absolute atomic E-state index is 0.0524. The van der Waals surface area contributed by atoms with Crippen LogP contribution in [-0.4, -0.2) is 36.5 Å². The SMILES string of the molecule is C[C@@H]1CCCN(c2ccc(C(=O)OCC(=O)NCc3cccs3)cc2[N+](=O)[O-])C1. The topological polar surface area (TPSA) is 102 Å². The van der Waals surface area contributed by atoms with Crippen LogP contribution >= 0.6 is 11.3 Å². The van der Waals surface area contributed by atoms with Gasteiger partial charge in [-0.1, -0.05) is 13.0 Å². The summed E-state index contributed by atoms with van der Waals surface area (Å²) < 4.78 is 5.01. The quantitative estimate of drug-likeness (QED) is 0.421. The Kier molecular flexibility index (Phi) is 6.82. The lowest BCUT2D eigenvalue weighted by Crippen LogP contribution is -2.34. The minimum atomic E-state index is -0.766. The summed E-state index contributed by atoms with van der Waals surface area (Å²) in [6.07, 6.45) is 2.08. The lowest BCUT2D eigenvalue weighted by atomic mass is 9.99. The molecular formula is C20H23N3O5S. The molecule has 1 aliphatic heterocycles.